The topological polar surface area (TPSA) is 32.3 Å². The number of amides is 1. The average Bonchev–Trinajstić information content (AvgIpc) is 2.74. The normalized spacial score (nSPS) is 29.8. The number of carbonyl (C=O) groups excluding carboxylic acids is 1. The second-order valence-electron chi connectivity index (χ2n) is 7.60. The molecule has 1 aliphatic heterocycles. The zero-order chi connectivity index (χ0) is 14.0. The quantitative estimate of drug-likeness (QED) is 0.833. The van der Waals surface area contributed by atoms with Crippen LogP contribution in [-0.4, -0.2) is 36.0 Å². The summed E-state index contributed by atoms with van der Waals surface area (Å²) < 4.78 is 0. The van der Waals surface area contributed by atoms with Crippen LogP contribution in [0.2, 0.25) is 0 Å². The molecule has 0 radical (unpaired) electrons. The van der Waals surface area contributed by atoms with E-state index in [-0.39, 0.29) is 5.41 Å². The first-order chi connectivity index (χ1) is 8.86. The Morgan fingerprint density at radius 3 is 2.16 bits per heavy atom. The molecule has 1 amide bonds. The van der Waals surface area contributed by atoms with Crippen LogP contribution in [-0.2, 0) is 4.79 Å². The molecule has 0 bridgehead atoms. The van der Waals surface area contributed by atoms with Crippen LogP contribution >= 0.6 is 0 Å². The lowest BCUT2D eigenvalue weighted by molar-refractivity contribution is -0.140. The van der Waals surface area contributed by atoms with Crippen molar-refractivity contribution in [2.45, 2.75) is 71.9 Å². The van der Waals surface area contributed by atoms with Crippen molar-refractivity contribution in [2.24, 2.45) is 11.3 Å². The Morgan fingerprint density at radius 2 is 1.68 bits per heavy atom. The molecule has 2 rings (SSSR count). The zero-order valence-electron chi connectivity index (χ0n) is 13.0. The van der Waals surface area contributed by atoms with Gasteiger partial charge in [0.2, 0.25) is 5.91 Å². The highest BCUT2D eigenvalue weighted by Gasteiger charge is 2.31. The number of piperidine rings is 1. The molecule has 0 spiro atoms. The summed E-state index contributed by atoms with van der Waals surface area (Å²) in [4.78, 5) is 14.3. The maximum Gasteiger partial charge on any atom is 0.227 e. The van der Waals surface area contributed by atoms with Gasteiger partial charge in [-0.2, -0.15) is 0 Å². The van der Waals surface area contributed by atoms with E-state index in [1.165, 1.54) is 19.3 Å². The lowest BCUT2D eigenvalue weighted by Gasteiger charge is -2.37. The molecule has 1 heterocycles. The largest absolute Gasteiger partial charge is 0.342 e. The first-order valence-corrected chi connectivity index (χ1v) is 7.91. The minimum Gasteiger partial charge on any atom is -0.342 e. The van der Waals surface area contributed by atoms with Gasteiger partial charge in [0, 0.05) is 30.6 Å². The van der Waals surface area contributed by atoms with Crippen molar-refractivity contribution >= 4 is 5.91 Å². The Kier molecular flexibility index (Phi) is 4.54. The molecule has 2 aliphatic rings. The van der Waals surface area contributed by atoms with Gasteiger partial charge in [-0.05, 0) is 38.0 Å². The molecule has 110 valence electrons. The van der Waals surface area contributed by atoms with Crippen LogP contribution in [0.3, 0.4) is 0 Å². The van der Waals surface area contributed by atoms with Crippen LogP contribution in [0.15, 0.2) is 0 Å². The highest BCUT2D eigenvalue weighted by molar-refractivity contribution is 5.81. The Morgan fingerprint density at radius 1 is 1.05 bits per heavy atom. The standard InChI is InChI=1S/C16H30N2O/c1-12-5-6-14(11-12)17-13-7-9-18(10-8-13)15(19)16(2,3)4/h12-14,17H,5-11H2,1-4H3. The molecule has 0 aromatic rings. The summed E-state index contributed by atoms with van der Waals surface area (Å²) >= 11 is 0. The Balaban J connectivity index is 1.75. The van der Waals surface area contributed by atoms with Crippen LogP contribution in [0.5, 0.6) is 0 Å². The summed E-state index contributed by atoms with van der Waals surface area (Å²) in [5.74, 6) is 1.19. The van der Waals surface area contributed by atoms with Crippen molar-refractivity contribution in [3.8, 4) is 0 Å². The van der Waals surface area contributed by atoms with Gasteiger partial charge in [0.15, 0.2) is 0 Å². The number of carbonyl (C=O) groups is 1. The molecule has 0 aromatic heterocycles. The minimum atomic E-state index is -0.235. The summed E-state index contributed by atoms with van der Waals surface area (Å²) in [5.41, 5.74) is -0.235. The molecule has 1 aliphatic carbocycles. The Hall–Kier alpha value is -0.570. The van der Waals surface area contributed by atoms with Crippen molar-refractivity contribution in [1.82, 2.24) is 10.2 Å². The lowest BCUT2D eigenvalue weighted by Crippen LogP contribution is -2.49. The van der Waals surface area contributed by atoms with Gasteiger partial charge < -0.3 is 10.2 Å². The lowest BCUT2D eigenvalue weighted by atomic mass is 9.93. The Labute approximate surface area is 118 Å². The summed E-state index contributed by atoms with van der Waals surface area (Å²) in [6.07, 6.45) is 6.28. The molecule has 1 saturated carbocycles. The molecule has 1 N–H and O–H groups in total. The molecule has 2 atom stereocenters. The first kappa shape index (κ1) is 14.8. The van der Waals surface area contributed by atoms with Gasteiger partial charge in [-0.15, -0.1) is 0 Å². The van der Waals surface area contributed by atoms with Crippen LogP contribution in [0, 0.1) is 11.3 Å². The number of hydrogen-bond donors (Lipinski definition) is 1. The van der Waals surface area contributed by atoms with Crippen molar-refractivity contribution in [3.63, 3.8) is 0 Å². The Bertz CT molecular complexity index is 313. The van der Waals surface area contributed by atoms with Crippen molar-refractivity contribution < 1.29 is 4.79 Å². The highest BCUT2D eigenvalue weighted by Crippen LogP contribution is 2.26. The van der Waals surface area contributed by atoms with Crippen molar-refractivity contribution in [3.05, 3.63) is 0 Å². The minimum absolute atomic E-state index is 0.235. The molecule has 1 saturated heterocycles. The van der Waals surface area contributed by atoms with E-state index in [2.05, 4.69) is 17.1 Å². The second kappa shape index (κ2) is 5.82. The maximum atomic E-state index is 12.2. The molecule has 2 unspecified atom stereocenters. The number of rotatable bonds is 2. The molecule has 3 nitrogen and oxygen atoms in total. The molecule has 19 heavy (non-hydrogen) atoms. The summed E-state index contributed by atoms with van der Waals surface area (Å²) in [7, 11) is 0. The third-order valence-electron chi connectivity index (χ3n) is 4.59. The zero-order valence-corrected chi connectivity index (χ0v) is 13.0. The summed E-state index contributed by atoms with van der Waals surface area (Å²) in [6, 6.07) is 1.35. The predicted molar refractivity (Wildman–Crippen MR) is 79.0 cm³/mol. The van der Waals surface area contributed by atoms with Crippen molar-refractivity contribution in [1.29, 1.82) is 0 Å². The fraction of sp³-hybridized carbons (Fsp3) is 0.938. The molecular weight excluding hydrogens is 236 g/mol. The fourth-order valence-electron chi connectivity index (χ4n) is 3.42. The average molecular weight is 266 g/mol. The highest BCUT2D eigenvalue weighted by atomic mass is 16.2. The molecule has 0 aromatic carbocycles. The fourth-order valence-corrected chi connectivity index (χ4v) is 3.42. The van der Waals surface area contributed by atoms with Crippen LogP contribution in [0.1, 0.15) is 59.8 Å². The predicted octanol–water partition coefficient (Wildman–Crippen LogP) is 2.80. The van der Waals surface area contributed by atoms with Gasteiger partial charge in [-0.3, -0.25) is 4.79 Å². The molecule has 3 heteroatoms. The van der Waals surface area contributed by atoms with Gasteiger partial charge in [0.05, 0.1) is 0 Å². The van der Waals surface area contributed by atoms with Crippen LogP contribution in [0.4, 0.5) is 0 Å². The van der Waals surface area contributed by atoms with E-state index in [0.29, 0.717) is 11.9 Å². The van der Waals surface area contributed by atoms with Crippen molar-refractivity contribution in [2.75, 3.05) is 13.1 Å². The van der Waals surface area contributed by atoms with Gasteiger partial charge in [0.25, 0.3) is 0 Å². The van der Waals surface area contributed by atoms with E-state index >= 15 is 0 Å². The molecular formula is C16H30N2O. The van der Waals surface area contributed by atoms with E-state index < -0.39 is 0 Å². The third kappa shape index (κ3) is 3.95. The maximum absolute atomic E-state index is 12.2. The number of hydrogen-bond acceptors (Lipinski definition) is 2. The van der Waals surface area contributed by atoms with E-state index in [1.54, 1.807) is 0 Å². The summed E-state index contributed by atoms with van der Waals surface area (Å²) in [6.45, 7) is 10.2. The van der Waals surface area contributed by atoms with Gasteiger partial charge in [-0.1, -0.05) is 27.7 Å². The van der Waals surface area contributed by atoms with E-state index in [4.69, 9.17) is 0 Å². The SMILES string of the molecule is CC1CCC(NC2CCN(C(=O)C(C)(C)C)CC2)C1. The monoisotopic (exact) mass is 266 g/mol. The second-order valence-corrected chi connectivity index (χ2v) is 7.60. The number of nitrogens with one attached hydrogen (secondary N) is 1. The van der Waals surface area contributed by atoms with E-state index in [1.807, 2.05) is 20.8 Å². The van der Waals surface area contributed by atoms with Crippen LogP contribution in [0.25, 0.3) is 0 Å². The van der Waals surface area contributed by atoms with Crippen LogP contribution < -0.4 is 5.32 Å². The van der Waals surface area contributed by atoms with Gasteiger partial charge in [0.1, 0.15) is 0 Å². The molecule has 2 fully saturated rings. The van der Waals surface area contributed by atoms with E-state index in [0.717, 1.165) is 37.9 Å². The van der Waals surface area contributed by atoms with Gasteiger partial charge >= 0.3 is 0 Å². The van der Waals surface area contributed by atoms with E-state index in [9.17, 15) is 4.79 Å². The smallest absolute Gasteiger partial charge is 0.227 e. The summed E-state index contributed by atoms with van der Waals surface area (Å²) in [5, 5.41) is 3.81. The number of likely N-dealkylation sites (tertiary alicyclic amines) is 1. The third-order valence-corrected chi connectivity index (χ3v) is 4.59. The number of nitrogens with zero attached hydrogens (tertiary/aromatic N) is 1. The van der Waals surface area contributed by atoms with Gasteiger partial charge in [-0.25, -0.2) is 0 Å². The first-order valence-electron chi connectivity index (χ1n) is 7.91.